The van der Waals surface area contributed by atoms with Crippen molar-refractivity contribution in [3.8, 4) is 0 Å². The van der Waals surface area contributed by atoms with Gasteiger partial charge in [-0.3, -0.25) is 14.2 Å². The summed E-state index contributed by atoms with van der Waals surface area (Å²) in [5.41, 5.74) is 1.57. The van der Waals surface area contributed by atoms with Crippen molar-refractivity contribution < 1.29 is 14.3 Å². The maximum atomic E-state index is 12.3. The van der Waals surface area contributed by atoms with Gasteiger partial charge in [-0.1, -0.05) is 0 Å². The number of methoxy groups -OCH3 is 1. The Morgan fingerprint density at radius 2 is 2.14 bits per heavy atom. The Hall–Kier alpha value is -2.64. The van der Waals surface area contributed by atoms with E-state index in [2.05, 4.69) is 20.3 Å². The number of aromatic nitrogens is 4. The third kappa shape index (κ3) is 2.78. The number of nitrogens with zero attached hydrogens (tertiary/aromatic N) is 4. The molecule has 0 saturated heterocycles. The Morgan fingerprint density at radius 3 is 2.67 bits per heavy atom. The van der Waals surface area contributed by atoms with Gasteiger partial charge >= 0.3 is 5.97 Å². The van der Waals surface area contributed by atoms with E-state index in [4.69, 9.17) is 0 Å². The molecular formula is C13H17N5O3. The molecule has 0 atom stereocenters. The van der Waals surface area contributed by atoms with Gasteiger partial charge in [0.25, 0.3) is 5.91 Å². The highest BCUT2D eigenvalue weighted by molar-refractivity contribution is 6.07. The van der Waals surface area contributed by atoms with Crippen LogP contribution in [0.5, 0.6) is 0 Å². The molecule has 0 radical (unpaired) electrons. The summed E-state index contributed by atoms with van der Waals surface area (Å²) in [6.45, 7) is 4.25. The van der Waals surface area contributed by atoms with Crippen molar-refractivity contribution >= 4 is 17.6 Å². The zero-order chi connectivity index (χ0) is 15.6. The van der Waals surface area contributed by atoms with Crippen LogP contribution in [-0.4, -0.2) is 38.5 Å². The van der Waals surface area contributed by atoms with Crippen LogP contribution in [-0.2, 0) is 18.3 Å². The summed E-state index contributed by atoms with van der Waals surface area (Å²) in [5.74, 6) is -0.943. The highest BCUT2D eigenvalue weighted by Gasteiger charge is 2.21. The monoisotopic (exact) mass is 291 g/mol. The molecule has 2 rings (SSSR count). The summed E-state index contributed by atoms with van der Waals surface area (Å²) in [4.78, 5) is 23.9. The maximum Gasteiger partial charge on any atom is 0.360 e. The molecule has 0 aromatic carbocycles. The number of carbonyl (C=O) groups excluding carboxylic acids is 2. The Morgan fingerprint density at radius 1 is 1.43 bits per heavy atom. The van der Waals surface area contributed by atoms with Gasteiger partial charge in [0.05, 0.1) is 24.6 Å². The number of hydrogen-bond donors (Lipinski definition) is 1. The molecule has 0 spiro atoms. The molecule has 2 aromatic rings. The van der Waals surface area contributed by atoms with Crippen molar-refractivity contribution in [3.05, 3.63) is 29.3 Å². The number of ether oxygens (including phenoxy) is 1. The first-order valence-electron chi connectivity index (χ1n) is 6.43. The summed E-state index contributed by atoms with van der Waals surface area (Å²) in [6.07, 6.45) is 3.07. The molecule has 0 saturated carbocycles. The normalized spacial score (nSPS) is 10.5. The molecule has 8 heteroatoms. The van der Waals surface area contributed by atoms with Gasteiger partial charge < -0.3 is 10.1 Å². The Balaban J connectivity index is 2.30. The highest BCUT2D eigenvalue weighted by Crippen LogP contribution is 2.17. The van der Waals surface area contributed by atoms with E-state index in [1.54, 1.807) is 29.5 Å². The van der Waals surface area contributed by atoms with Crippen LogP contribution in [0.4, 0.5) is 5.69 Å². The smallest absolute Gasteiger partial charge is 0.360 e. The minimum Gasteiger partial charge on any atom is -0.464 e. The van der Waals surface area contributed by atoms with Crippen LogP contribution in [0.1, 0.15) is 33.5 Å². The lowest BCUT2D eigenvalue weighted by Gasteiger charge is -2.04. The molecule has 0 fully saturated rings. The van der Waals surface area contributed by atoms with E-state index in [9.17, 15) is 9.59 Å². The van der Waals surface area contributed by atoms with E-state index in [1.165, 1.54) is 13.3 Å². The van der Waals surface area contributed by atoms with Gasteiger partial charge in [-0.15, -0.1) is 0 Å². The first kappa shape index (κ1) is 14.8. The van der Waals surface area contributed by atoms with Crippen molar-refractivity contribution in [2.45, 2.75) is 20.4 Å². The van der Waals surface area contributed by atoms with E-state index in [0.717, 1.165) is 5.69 Å². The van der Waals surface area contributed by atoms with Crippen LogP contribution in [0.25, 0.3) is 0 Å². The van der Waals surface area contributed by atoms with Crippen LogP contribution in [0.2, 0.25) is 0 Å². The molecule has 1 N–H and O–H groups in total. The first-order valence-corrected chi connectivity index (χ1v) is 6.43. The number of hydrogen-bond acceptors (Lipinski definition) is 5. The van der Waals surface area contributed by atoms with Gasteiger partial charge in [-0.25, -0.2) is 4.79 Å². The van der Waals surface area contributed by atoms with Crippen LogP contribution < -0.4 is 5.32 Å². The third-order valence-corrected chi connectivity index (χ3v) is 3.19. The number of amides is 1. The molecule has 8 nitrogen and oxygen atoms in total. The van der Waals surface area contributed by atoms with E-state index in [-0.39, 0.29) is 11.6 Å². The standard InChI is InChI=1S/C13H17N5O3/c1-5-18-7-10(11(16-18)13(20)21-4)15-12(19)9-6-14-17(3)8(9)2/h6-7H,5H2,1-4H3,(H,15,19). The molecule has 0 unspecified atom stereocenters. The second-order valence-electron chi connectivity index (χ2n) is 4.46. The molecule has 0 aliphatic carbocycles. The predicted octanol–water partition coefficient (Wildman–Crippen LogP) is 0.984. The number of carbonyl (C=O) groups is 2. The van der Waals surface area contributed by atoms with Gasteiger partial charge in [0.15, 0.2) is 5.69 Å². The second-order valence-corrected chi connectivity index (χ2v) is 4.46. The van der Waals surface area contributed by atoms with E-state index < -0.39 is 5.97 Å². The molecule has 0 aliphatic heterocycles. The topological polar surface area (TPSA) is 91.0 Å². The van der Waals surface area contributed by atoms with Crippen LogP contribution in [0.3, 0.4) is 0 Å². The van der Waals surface area contributed by atoms with Crippen molar-refractivity contribution in [2.24, 2.45) is 7.05 Å². The molecule has 0 aliphatic rings. The average Bonchev–Trinajstić information content (AvgIpc) is 3.03. The molecule has 1 amide bonds. The first-order chi connectivity index (χ1) is 9.97. The summed E-state index contributed by atoms with van der Waals surface area (Å²) < 4.78 is 7.82. The molecule has 2 aromatic heterocycles. The minimum atomic E-state index is -0.597. The SMILES string of the molecule is CCn1cc(NC(=O)c2cnn(C)c2C)c(C(=O)OC)n1. The van der Waals surface area contributed by atoms with Gasteiger partial charge in [0.1, 0.15) is 0 Å². The Labute approximate surface area is 121 Å². The van der Waals surface area contributed by atoms with Crippen LogP contribution in [0.15, 0.2) is 12.4 Å². The van der Waals surface area contributed by atoms with Crippen LogP contribution in [0, 0.1) is 6.92 Å². The highest BCUT2D eigenvalue weighted by atomic mass is 16.5. The van der Waals surface area contributed by atoms with E-state index >= 15 is 0 Å². The molecule has 2 heterocycles. The summed E-state index contributed by atoms with van der Waals surface area (Å²) in [7, 11) is 3.02. The molecule has 0 bridgehead atoms. The predicted molar refractivity (Wildman–Crippen MR) is 75.1 cm³/mol. The largest absolute Gasteiger partial charge is 0.464 e. The average molecular weight is 291 g/mol. The molecule has 112 valence electrons. The maximum absolute atomic E-state index is 12.3. The number of esters is 1. The summed E-state index contributed by atoms with van der Waals surface area (Å²) in [5, 5.41) is 10.8. The summed E-state index contributed by atoms with van der Waals surface area (Å²) >= 11 is 0. The van der Waals surface area contributed by atoms with Crippen molar-refractivity contribution in [1.29, 1.82) is 0 Å². The van der Waals surface area contributed by atoms with Gasteiger partial charge in [-0.2, -0.15) is 10.2 Å². The summed E-state index contributed by atoms with van der Waals surface area (Å²) in [6, 6.07) is 0. The Kier molecular flexibility index (Phi) is 4.06. The van der Waals surface area contributed by atoms with Crippen molar-refractivity contribution in [3.63, 3.8) is 0 Å². The van der Waals surface area contributed by atoms with Crippen molar-refractivity contribution in [2.75, 3.05) is 12.4 Å². The van der Waals surface area contributed by atoms with Crippen LogP contribution >= 0.6 is 0 Å². The van der Waals surface area contributed by atoms with E-state index in [0.29, 0.717) is 17.8 Å². The van der Waals surface area contributed by atoms with Crippen molar-refractivity contribution in [1.82, 2.24) is 19.6 Å². The van der Waals surface area contributed by atoms with Gasteiger partial charge in [0, 0.05) is 25.5 Å². The lowest BCUT2D eigenvalue weighted by Crippen LogP contribution is -2.15. The number of anilines is 1. The quantitative estimate of drug-likeness (QED) is 0.848. The number of aryl methyl sites for hydroxylation is 2. The lowest BCUT2D eigenvalue weighted by molar-refractivity contribution is 0.0594. The fourth-order valence-corrected chi connectivity index (χ4v) is 1.83. The Bertz CT molecular complexity index is 686. The molecule has 21 heavy (non-hydrogen) atoms. The van der Waals surface area contributed by atoms with Gasteiger partial charge in [0.2, 0.25) is 0 Å². The number of nitrogens with one attached hydrogen (secondary N) is 1. The van der Waals surface area contributed by atoms with E-state index in [1.807, 2.05) is 6.92 Å². The third-order valence-electron chi connectivity index (χ3n) is 3.19. The fourth-order valence-electron chi connectivity index (χ4n) is 1.83. The molecular weight excluding hydrogens is 274 g/mol. The lowest BCUT2D eigenvalue weighted by atomic mass is 10.2. The number of rotatable bonds is 4. The minimum absolute atomic E-state index is 0.0780. The zero-order valence-corrected chi connectivity index (χ0v) is 12.4. The van der Waals surface area contributed by atoms with Gasteiger partial charge in [-0.05, 0) is 13.8 Å². The second kappa shape index (κ2) is 5.78. The fraction of sp³-hybridized carbons (Fsp3) is 0.385. The zero-order valence-electron chi connectivity index (χ0n) is 12.4.